The molecule has 94 valence electrons. The first kappa shape index (κ1) is 13.8. The van der Waals surface area contributed by atoms with Crippen LogP contribution in [0.25, 0.3) is 0 Å². The maximum absolute atomic E-state index is 11.8. The van der Waals surface area contributed by atoms with Crippen LogP contribution >= 0.6 is 0 Å². The standard InChI is InChI=1S/C15H22O2/c1-4-13-9-5-6-10-14(13)15(16)17-11-7-8-12(2)3/h5-6,9-10,12H,4,7-8,11H2,1-3H3. The van der Waals surface area contributed by atoms with Crippen molar-refractivity contribution in [3.63, 3.8) is 0 Å². The lowest BCUT2D eigenvalue weighted by Crippen LogP contribution is -2.09. The topological polar surface area (TPSA) is 26.3 Å². The molecule has 0 fully saturated rings. The summed E-state index contributed by atoms with van der Waals surface area (Å²) >= 11 is 0. The first-order chi connectivity index (χ1) is 8.15. The molecule has 0 aromatic heterocycles. The molecule has 0 amide bonds. The normalized spacial score (nSPS) is 10.6. The van der Waals surface area contributed by atoms with Crippen molar-refractivity contribution in [2.75, 3.05) is 6.61 Å². The lowest BCUT2D eigenvalue weighted by molar-refractivity contribution is 0.0493. The molecule has 2 heteroatoms. The van der Waals surface area contributed by atoms with E-state index in [1.54, 1.807) is 0 Å². The van der Waals surface area contributed by atoms with Gasteiger partial charge in [-0.1, -0.05) is 39.0 Å². The molecule has 2 nitrogen and oxygen atoms in total. The van der Waals surface area contributed by atoms with Gasteiger partial charge in [-0.2, -0.15) is 0 Å². The predicted octanol–water partition coefficient (Wildman–Crippen LogP) is 3.84. The van der Waals surface area contributed by atoms with E-state index in [2.05, 4.69) is 13.8 Å². The molecule has 0 aliphatic carbocycles. The zero-order chi connectivity index (χ0) is 12.7. The number of hydrogen-bond acceptors (Lipinski definition) is 2. The molecular weight excluding hydrogens is 212 g/mol. The Morgan fingerprint density at radius 1 is 1.29 bits per heavy atom. The van der Waals surface area contributed by atoms with Crippen molar-refractivity contribution in [1.82, 2.24) is 0 Å². The molecule has 0 saturated heterocycles. The van der Waals surface area contributed by atoms with Gasteiger partial charge in [-0.3, -0.25) is 0 Å². The van der Waals surface area contributed by atoms with E-state index in [1.165, 1.54) is 0 Å². The maximum Gasteiger partial charge on any atom is 0.338 e. The molecule has 0 N–H and O–H groups in total. The SMILES string of the molecule is CCc1ccccc1C(=O)OCCCC(C)C. The molecular formula is C15H22O2. The number of carbonyl (C=O) groups excluding carboxylic acids is 1. The van der Waals surface area contributed by atoms with Gasteiger partial charge in [0.05, 0.1) is 12.2 Å². The summed E-state index contributed by atoms with van der Waals surface area (Å²) in [6.07, 6.45) is 2.90. The fraction of sp³-hybridized carbons (Fsp3) is 0.533. The Labute approximate surface area is 104 Å². The van der Waals surface area contributed by atoms with Crippen molar-refractivity contribution in [3.05, 3.63) is 35.4 Å². The van der Waals surface area contributed by atoms with E-state index in [-0.39, 0.29) is 5.97 Å². The number of ether oxygens (including phenoxy) is 1. The van der Waals surface area contributed by atoms with E-state index in [9.17, 15) is 4.79 Å². The second-order valence-corrected chi connectivity index (χ2v) is 4.68. The summed E-state index contributed by atoms with van der Waals surface area (Å²) in [7, 11) is 0. The van der Waals surface area contributed by atoms with Crippen LogP contribution in [0.4, 0.5) is 0 Å². The average Bonchev–Trinajstić information content (AvgIpc) is 2.34. The molecule has 0 aliphatic rings. The first-order valence-corrected chi connectivity index (χ1v) is 6.40. The molecule has 0 spiro atoms. The van der Waals surface area contributed by atoms with Crippen LogP contribution in [-0.2, 0) is 11.2 Å². The highest BCUT2D eigenvalue weighted by molar-refractivity contribution is 5.91. The highest BCUT2D eigenvalue weighted by atomic mass is 16.5. The van der Waals surface area contributed by atoms with Crippen molar-refractivity contribution in [3.8, 4) is 0 Å². The van der Waals surface area contributed by atoms with Crippen LogP contribution in [-0.4, -0.2) is 12.6 Å². The van der Waals surface area contributed by atoms with Gasteiger partial charge in [0.1, 0.15) is 0 Å². The van der Waals surface area contributed by atoms with Crippen LogP contribution in [0.15, 0.2) is 24.3 Å². The van der Waals surface area contributed by atoms with Gasteiger partial charge in [0, 0.05) is 0 Å². The van der Waals surface area contributed by atoms with Gasteiger partial charge >= 0.3 is 5.97 Å². The Kier molecular flexibility index (Phi) is 5.75. The minimum absolute atomic E-state index is 0.189. The van der Waals surface area contributed by atoms with E-state index in [0.717, 1.165) is 24.8 Å². The zero-order valence-electron chi connectivity index (χ0n) is 11.0. The van der Waals surface area contributed by atoms with Crippen molar-refractivity contribution in [2.24, 2.45) is 5.92 Å². The van der Waals surface area contributed by atoms with E-state index in [1.807, 2.05) is 31.2 Å². The molecule has 17 heavy (non-hydrogen) atoms. The number of carbonyl (C=O) groups is 1. The summed E-state index contributed by atoms with van der Waals surface area (Å²) in [4.78, 5) is 11.8. The van der Waals surface area contributed by atoms with Crippen LogP contribution in [0.2, 0.25) is 0 Å². The number of rotatable bonds is 6. The third-order valence-electron chi connectivity index (χ3n) is 2.78. The minimum Gasteiger partial charge on any atom is -0.462 e. The van der Waals surface area contributed by atoms with Crippen LogP contribution in [0.3, 0.4) is 0 Å². The number of benzene rings is 1. The Morgan fingerprint density at radius 2 is 2.00 bits per heavy atom. The second kappa shape index (κ2) is 7.10. The summed E-state index contributed by atoms with van der Waals surface area (Å²) in [5.74, 6) is 0.475. The van der Waals surface area contributed by atoms with Crippen LogP contribution < -0.4 is 0 Å². The summed E-state index contributed by atoms with van der Waals surface area (Å²) in [5, 5.41) is 0. The molecule has 1 aromatic carbocycles. The van der Waals surface area contributed by atoms with Crippen molar-refractivity contribution >= 4 is 5.97 Å². The van der Waals surface area contributed by atoms with Crippen LogP contribution in [0.5, 0.6) is 0 Å². The number of aryl methyl sites for hydroxylation is 1. The molecule has 0 atom stereocenters. The van der Waals surface area contributed by atoms with E-state index in [0.29, 0.717) is 18.1 Å². The third-order valence-corrected chi connectivity index (χ3v) is 2.78. The van der Waals surface area contributed by atoms with E-state index >= 15 is 0 Å². The second-order valence-electron chi connectivity index (χ2n) is 4.68. The first-order valence-electron chi connectivity index (χ1n) is 6.40. The fourth-order valence-electron chi connectivity index (χ4n) is 1.76. The predicted molar refractivity (Wildman–Crippen MR) is 70.2 cm³/mol. The molecule has 0 radical (unpaired) electrons. The molecule has 1 aromatic rings. The Morgan fingerprint density at radius 3 is 2.65 bits per heavy atom. The smallest absolute Gasteiger partial charge is 0.338 e. The Hall–Kier alpha value is -1.31. The lowest BCUT2D eigenvalue weighted by atomic mass is 10.1. The van der Waals surface area contributed by atoms with Gasteiger partial charge in [0.15, 0.2) is 0 Å². The monoisotopic (exact) mass is 234 g/mol. The van der Waals surface area contributed by atoms with Gasteiger partial charge in [-0.15, -0.1) is 0 Å². The van der Waals surface area contributed by atoms with Gasteiger partial charge < -0.3 is 4.74 Å². The van der Waals surface area contributed by atoms with Gasteiger partial charge in [0.2, 0.25) is 0 Å². The molecule has 0 heterocycles. The third kappa shape index (κ3) is 4.59. The minimum atomic E-state index is -0.189. The number of esters is 1. The quantitative estimate of drug-likeness (QED) is 0.552. The largest absolute Gasteiger partial charge is 0.462 e. The van der Waals surface area contributed by atoms with Gasteiger partial charge in [-0.25, -0.2) is 4.79 Å². The summed E-state index contributed by atoms with van der Waals surface area (Å²) in [6.45, 7) is 6.92. The van der Waals surface area contributed by atoms with Crippen LogP contribution in [0, 0.1) is 5.92 Å². The summed E-state index contributed by atoms with van der Waals surface area (Å²) < 4.78 is 5.28. The molecule has 0 bridgehead atoms. The van der Waals surface area contributed by atoms with Crippen molar-refractivity contribution in [2.45, 2.75) is 40.0 Å². The molecule has 0 unspecified atom stereocenters. The average molecular weight is 234 g/mol. The molecule has 0 saturated carbocycles. The van der Waals surface area contributed by atoms with E-state index in [4.69, 9.17) is 4.74 Å². The molecule has 0 aliphatic heterocycles. The Balaban J connectivity index is 2.47. The van der Waals surface area contributed by atoms with Crippen molar-refractivity contribution in [1.29, 1.82) is 0 Å². The highest BCUT2D eigenvalue weighted by Crippen LogP contribution is 2.11. The van der Waals surface area contributed by atoms with Gasteiger partial charge in [-0.05, 0) is 36.8 Å². The van der Waals surface area contributed by atoms with Crippen LogP contribution in [0.1, 0.15) is 49.5 Å². The van der Waals surface area contributed by atoms with E-state index < -0.39 is 0 Å². The zero-order valence-corrected chi connectivity index (χ0v) is 11.0. The number of hydrogen-bond donors (Lipinski definition) is 0. The summed E-state index contributed by atoms with van der Waals surface area (Å²) in [6, 6.07) is 7.65. The summed E-state index contributed by atoms with van der Waals surface area (Å²) in [5.41, 5.74) is 1.76. The van der Waals surface area contributed by atoms with Crippen molar-refractivity contribution < 1.29 is 9.53 Å². The Bertz CT molecular complexity index is 356. The fourth-order valence-corrected chi connectivity index (χ4v) is 1.76. The lowest BCUT2D eigenvalue weighted by Gasteiger charge is -2.09. The highest BCUT2D eigenvalue weighted by Gasteiger charge is 2.10. The molecule has 1 rings (SSSR count). The van der Waals surface area contributed by atoms with Gasteiger partial charge in [0.25, 0.3) is 0 Å². The maximum atomic E-state index is 11.8.